The van der Waals surface area contributed by atoms with E-state index in [4.69, 9.17) is 9.47 Å². The summed E-state index contributed by atoms with van der Waals surface area (Å²) >= 11 is 0. The van der Waals surface area contributed by atoms with Gasteiger partial charge in [-0.05, 0) is 38.6 Å². The predicted molar refractivity (Wildman–Crippen MR) is 75.4 cm³/mol. The zero-order valence-electron chi connectivity index (χ0n) is 12.8. The van der Waals surface area contributed by atoms with Crippen molar-refractivity contribution < 1.29 is 22.6 Å². The maximum absolute atomic E-state index is 13.1. The molecular formula is C15H22F3NO2. The van der Waals surface area contributed by atoms with E-state index >= 15 is 0 Å². The molecule has 1 aromatic carbocycles. The first-order valence-corrected chi connectivity index (χ1v) is 6.72. The minimum atomic E-state index is -4.43. The highest BCUT2D eigenvalue weighted by atomic mass is 19.4. The lowest BCUT2D eigenvalue weighted by molar-refractivity contribution is -0.139. The lowest BCUT2D eigenvalue weighted by Crippen LogP contribution is -2.25. The van der Waals surface area contributed by atoms with Gasteiger partial charge < -0.3 is 14.8 Å². The smallest absolute Gasteiger partial charge is 0.419 e. The molecule has 1 rings (SSSR count). The SMILES string of the molecule is CNCc1ccc(OCCC(C)(C)OC)c(C(F)(F)F)c1. The van der Waals surface area contributed by atoms with Crippen LogP contribution in [0.1, 0.15) is 31.4 Å². The average molecular weight is 305 g/mol. The van der Waals surface area contributed by atoms with Crippen LogP contribution in [-0.4, -0.2) is 26.4 Å². The van der Waals surface area contributed by atoms with Crippen LogP contribution in [0.25, 0.3) is 0 Å². The second kappa shape index (κ2) is 7.13. The van der Waals surface area contributed by atoms with Gasteiger partial charge in [0.1, 0.15) is 5.75 Å². The molecule has 0 atom stereocenters. The molecule has 0 heterocycles. The summed E-state index contributed by atoms with van der Waals surface area (Å²) in [4.78, 5) is 0. The number of rotatable bonds is 7. The first-order chi connectivity index (χ1) is 9.69. The van der Waals surface area contributed by atoms with Gasteiger partial charge in [-0.15, -0.1) is 0 Å². The van der Waals surface area contributed by atoms with E-state index in [0.29, 0.717) is 18.5 Å². The molecule has 3 nitrogen and oxygen atoms in total. The van der Waals surface area contributed by atoms with Gasteiger partial charge in [0.25, 0.3) is 0 Å². The van der Waals surface area contributed by atoms with Crippen molar-refractivity contribution in [1.82, 2.24) is 5.32 Å². The number of hydrogen-bond donors (Lipinski definition) is 1. The van der Waals surface area contributed by atoms with Crippen LogP contribution in [-0.2, 0) is 17.5 Å². The maximum atomic E-state index is 13.1. The first-order valence-electron chi connectivity index (χ1n) is 6.72. The van der Waals surface area contributed by atoms with Crippen LogP contribution in [0, 0.1) is 0 Å². The highest BCUT2D eigenvalue weighted by molar-refractivity contribution is 5.39. The second-order valence-corrected chi connectivity index (χ2v) is 5.42. The molecule has 0 amide bonds. The van der Waals surface area contributed by atoms with E-state index in [-0.39, 0.29) is 12.4 Å². The van der Waals surface area contributed by atoms with Gasteiger partial charge in [0, 0.05) is 20.1 Å². The Kier molecular flexibility index (Phi) is 6.04. The van der Waals surface area contributed by atoms with Crippen molar-refractivity contribution in [3.63, 3.8) is 0 Å². The third kappa shape index (κ3) is 5.55. The van der Waals surface area contributed by atoms with Crippen LogP contribution in [0.2, 0.25) is 0 Å². The summed E-state index contributed by atoms with van der Waals surface area (Å²) < 4.78 is 49.7. The molecule has 120 valence electrons. The number of methoxy groups -OCH3 is 1. The molecule has 6 heteroatoms. The van der Waals surface area contributed by atoms with E-state index in [0.717, 1.165) is 6.07 Å². The Labute approximate surface area is 123 Å². The normalized spacial score (nSPS) is 12.5. The summed E-state index contributed by atoms with van der Waals surface area (Å²) in [6.45, 7) is 4.25. The van der Waals surface area contributed by atoms with Crippen molar-refractivity contribution in [2.75, 3.05) is 20.8 Å². The van der Waals surface area contributed by atoms with E-state index in [1.807, 2.05) is 13.8 Å². The van der Waals surface area contributed by atoms with Crippen molar-refractivity contribution >= 4 is 0 Å². The fourth-order valence-corrected chi connectivity index (χ4v) is 1.75. The van der Waals surface area contributed by atoms with Gasteiger partial charge in [-0.2, -0.15) is 13.2 Å². The third-order valence-corrected chi connectivity index (χ3v) is 3.24. The highest BCUT2D eigenvalue weighted by Crippen LogP contribution is 2.37. The molecule has 0 aromatic heterocycles. The molecule has 0 bridgehead atoms. The standard InChI is InChI=1S/C15H22F3NO2/c1-14(2,20-4)7-8-21-13-6-5-11(10-19-3)9-12(13)15(16,17)18/h5-6,9,19H,7-8,10H2,1-4H3. The van der Waals surface area contributed by atoms with Gasteiger partial charge in [-0.3, -0.25) is 0 Å². The van der Waals surface area contributed by atoms with Crippen molar-refractivity contribution in [3.05, 3.63) is 29.3 Å². The summed E-state index contributed by atoms with van der Waals surface area (Å²) in [5.74, 6) is -0.144. The molecular weight excluding hydrogens is 283 g/mol. The number of alkyl halides is 3. The average Bonchev–Trinajstić information content (AvgIpc) is 2.39. The lowest BCUT2D eigenvalue weighted by atomic mass is 10.1. The van der Waals surface area contributed by atoms with Crippen LogP contribution in [0.5, 0.6) is 5.75 Å². The van der Waals surface area contributed by atoms with Crippen LogP contribution in [0.4, 0.5) is 13.2 Å². The predicted octanol–water partition coefficient (Wildman–Crippen LogP) is 3.62. The fourth-order valence-electron chi connectivity index (χ4n) is 1.75. The summed E-state index contributed by atoms with van der Waals surface area (Å²) in [5.41, 5.74) is -0.607. The number of hydrogen-bond acceptors (Lipinski definition) is 3. The summed E-state index contributed by atoms with van der Waals surface area (Å²) in [6, 6.07) is 4.12. The van der Waals surface area contributed by atoms with Crippen LogP contribution >= 0.6 is 0 Å². The molecule has 21 heavy (non-hydrogen) atoms. The van der Waals surface area contributed by atoms with Crippen molar-refractivity contribution in [2.45, 2.75) is 38.6 Å². The Morgan fingerprint density at radius 2 is 1.86 bits per heavy atom. The van der Waals surface area contributed by atoms with Gasteiger partial charge in [0.05, 0.1) is 17.8 Å². The molecule has 1 N–H and O–H groups in total. The molecule has 1 aromatic rings. The van der Waals surface area contributed by atoms with Gasteiger partial charge in [0.15, 0.2) is 0 Å². The Bertz CT molecular complexity index is 459. The molecule has 0 fully saturated rings. The number of ether oxygens (including phenoxy) is 2. The summed E-state index contributed by atoms with van der Waals surface area (Å²) in [6.07, 6.45) is -3.94. The van der Waals surface area contributed by atoms with E-state index in [9.17, 15) is 13.2 Å². The molecule has 0 aliphatic carbocycles. The molecule has 0 spiro atoms. The van der Waals surface area contributed by atoms with Crippen molar-refractivity contribution in [1.29, 1.82) is 0 Å². The van der Waals surface area contributed by atoms with E-state index in [2.05, 4.69) is 5.32 Å². The minimum absolute atomic E-state index is 0.144. The Balaban J connectivity index is 2.86. The number of nitrogens with one attached hydrogen (secondary N) is 1. The molecule has 0 unspecified atom stereocenters. The zero-order chi connectivity index (χ0) is 16.1. The van der Waals surface area contributed by atoms with Crippen LogP contribution in [0.15, 0.2) is 18.2 Å². The topological polar surface area (TPSA) is 30.5 Å². The fraction of sp³-hybridized carbons (Fsp3) is 0.600. The third-order valence-electron chi connectivity index (χ3n) is 3.24. The highest BCUT2D eigenvalue weighted by Gasteiger charge is 2.34. The van der Waals surface area contributed by atoms with Gasteiger partial charge in [-0.1, -0.05) is 6.07 Å². The monoisotopic (exact) mass is 305 g/mol. The molecule has 0 radical (unpaired) electrons. The van der Waals surface area contributed by atoms with Crippen LogP contribution < -0.4 is 10.1 Å². The largest absolute Gasteiger partial charge is 0.493 e. The summed E-state index contributed by atoms with van der Waals surface area (Å²) in [5, 5.41) is 2.83. The van der Waals surface area contributed by atoms with Crippen LogP contribution in [0.3, 0.4) is 0 Å². The lowest BCUT2D eigenvalue weighted by Gasteiger charge is -2.23. The van der Waals surface area contributed by atoms with Gasteiger partial charge in [-0.25, -0.2) is 0 Å². The molecule has 0 aliphatic rings. The Morgan fingerprint density at radius 1 is 1.19 bits per heavy atom. The zero-order valence-corrected chi connectivity index (χ0v) is 12.8. The molecule has 0 saturated carbocycles. The maximum Gasteiger partial charge on any atom is 0.419 e. The second-order valence-electron chi connectivity index (χ2n) is 5.42. The Hall–Kier alpha value is -1.27. The molecule has 0 saturated heterocycles. The quantitative estimate of drug-likeness (QED) is 0.834. The number of halogens is 3. The van der Waals surface area contributed by atoms with E-state index < -0.39 is 17.3 Å². The van der Waals surface area contributed by atoms with Crippen molar-refractivity contribution in [2.24, 2.45) is 0 Å². The van der Waals surface area contributed by atoms with Gasteiger partial charge in [0.2, 0.25) is 0 Å². The Morgan fingerprint density at radius 3 is 2.38 bits per heavy atom. The van der Waals surface area contributed by atoms with Crippen molar-refractivity contribution in [3.8, 4) is 5.75 Å². The summed E-state index contributed by atoms with van der Waals surface area (Å²) in [7, 11) is 3.25. The number of benzene rings is 1. The van der Waals surface area contributed by atoms with E-state index in [1.54, 1.807) is 20.2 Å². The minimum Gasteiger partial charge on any atom is -0.493 e. The van der Waals surface area contributed by atoms with E-state index in [1.165, 1.54) is 6.07 Å². The first kappa shape index (κ1) is 17.8. The van der Waals surface area contributed by atoms with Gasteiger partial charge >= 0.3 is 6.18 Å². The molecule has 0 aliphatic heterocycles.